The van der Waals surface area contributed by atoms with Crippen molar-refractivity contribution in [2.45, 2.75) is 0 Å². The van der Waals surface area contributed by atoms with Crippen molar-refractivity contribution < 1.29 is 9.53 Å². The minimum absolute atomic E-state index is 0.192. The van der Waals surface area contributed by atoms with Gasteiger partial charge in [0.1, 0.15) is 5.75 Å². The van der Waals surface area contributed by atoms with Crippen LogP contribution < -0.4 is 4.74 Å². The van der Waals surface area contributed by atoms with Crippen LogP contribution in [0.3, 0.4) is 0 Å². The molecule has 5 nitrogen and oxygen atoms in total. The zero-order valence-corrected chi connectivity index (χ0v) is 12.1. The predicted octanol–water partition coefficient (Wildman–Crippen LogP) is 2.73. The van der Waals surface area contributed by atoms with Gasteiger partial charge in [0.15, 0.2) is 5.69 Å². The first-order valence-electron chi connectivity index (χ1n) is 5.55. The number of ether oxygens (including phenoxy) is 1. The standard InChI is InChI=1S/C13H12BrN3O2/c1-17(2)13(18)11-7-8-12(16-15-11)19-10-5-3-9(14)4-6-10/h3-8H,1-2H3. The third kappa shape index (κ3) is 3.51. The smallest absolute Gasteiger partial charge is 0.273 e. The molecule has 0 saturated heterocycles. The second-order valence-electron chi connectivity index (χ2n) is 4.01. The lowest BCUT2D eigenvalue weighted by Gasteiger charge is -2.09. The summed E-state index contributed by atoms with van der Waals surface area (Å²) in [5, 5.41) is 7.71. The number of halogens is 1. The van der Waals surface area contributed by atoms with E-state index in [1.165, 1.54) is 4.90 Å². The van der Waals surface area contributed by atoms with Gasteiger partial charge < -0.3 is 9.64 Å². The molecule has 1 aromatic heterocycles. The van der Waals surface area contributed by atoms with Crippen molar-refractivity contribution in [2.24, 2.45) is 0 Å². The van der Waals surface area contributed by atoms with Gasteiger partial charge in [0.05, 0.1) is 0 Å². The number of carbonyl (C=O) groups excluding carboxylic acids is 1. The van der Waals surface area contributed by atoms with E-state index in [2.05, 4.69) is 26.1 Å². The van der Waals surface area contributed by atoms with E-state index in [1.54, 1.807) is 26.2 Å². The molecule has 0 saturated carbocycles. The summed E-state index contributed by atoms with van der Waals surface area (Å²) in [6.45, 7) is 0. The van der Waals surface area contributed by atoms with Gasteiger partial charge in [0.25, 0.3) is 5.91 Å². The molecule has 98 valence electrons. The van der Waals surface area contributed by atoms with Crippen molar-refractivity contribution in [3.8, 4) is 11.6 Å². The van der Waals surface area contributed by atoms with Crippen LogP contribution in [0.25, 0.3) is 0 Å². The lowest BCUT2D eigenvalue weighted by atomic mass is 10.3. The topological polar surface area (TPSA) is 55.3 Å². The molecule has 19 heavy (non-hydrogen) atoms. The second kappa shape index (κ2) is 5.79. The summed E-state index contributed by atoms with van der Waals surface area (Å²) in [4.78, 5) is 13.1. The van der Waals surface area contributed by atoms with Crippen LogP contribution in [-0.4, -0.2) is 35.1 Å². The van der Waals surface area contributed by atoms with Gasteiger partial charge in [-0.15, -0.1) is 10.2 Å². The van der Waals surface area contributed by atoms with Crippen molar-refractivity contribution in [2.75, 3.05) is 14.1 Å². The van der Waals surface area contributed by atoms with E-state index in [9.17, 15) is 4.79 Å². The summed E-state index contributed by atoms with van der Waals surface area (Å²) >= 11 is 3.34. The molecule has 1 aromatic carbocycles. The van der Waals surface area contributed by atoms with E-state index in [0.29, 0.717) is 11.6 Å². The number of aromatic nitrogens is 2. The van der Waals surface area contributed by atoms with Crippen molar-refractivity contribution >= 4 is 21.8 Å². The Morgan fingerprint density at radius 1 is 1.11 bits per heavy atom. The third-order valence-corrected chi connectivity index (χ3v) is 2.83. The molecule has 1 amide bonds. The van der Waals surface area contributed by atoms with Gasteiger partial charge in [-0.1, -0.05) is 15.9 Å². The maximum Gasteiger partial charge on any atom is 0.273 e. The number of hydrogen-bond acceptors (Lipinski definition) is 4. The largest absolute Gasteiger partial charge is 0.438 e. The highest BCUT2D eigenvalue weighted by Crippen LogP contribution is 2.21. The fourth-order valence-electron chi connectivity index (χ4n) is 1.34. The summed E-state index contributed by atoms with van der Waals surface area (Å²) in [6, 6.07) is 10.6. The Hall–Kier alpha value is -1.95. The van der Waals surface area contributed by atoms with E-state index in [1.807, 2.05) is 24.3 Å². The maximum absolute atomic E-state index is 11.6. The molecule has 1 heterocycles. The number of hydrogen-bond donors (Lipinski definition) is 0. The number of amides is 1. The van der Waals surface area contributed by atoms with Crippen molar-refractivity contribution in [3.63, 3.8) is 0 Å². The molecule has 0 aliphatic rings. The molecule has 0 aliphatic carbocycles. The molecular formula is C13H12BrN3O2. The predicted molar refractivity (Wildman–Crippen MR) is 74.3 cm³/mol. The highest BCUT2D eigenvalue weighted by atomic mass is 79.9. The Morgan fingerprint density at radius 3 is 2.32 bits per heavy atom. The first-order chi connectivity index (χ1) is 9.06. The molecule has 0 unspecified atom stereocenters. The molecule has 0 N–H and O–H groups in total. The van der Waals surface area contributed by atoms with Crippen LogP contribution in [0.5, 0.6) is 11.6 Å². The first kappa shape index (κ1) is 13.5. The zero-order valence-electron chi connectivity index (χ0n) is 10.5. The molecule has 0 spiro atoms. The Balaban J connectivity index is 2.10. The molecule has 0 fully saturated rings. The summed E-state index contributed by atoms with van der Waals surface area (Å²) < 4.78 is 6.48. The van der Waals surface area contributed by atoms with E-state index in [0.717, 1.165) is 4.47 Å². The van der Waals surface area contributed by atoms with E-state index < -0.39 is 0 Å². The van der Waals surface area contributed by atoms with Crippen LogP contribution in [0.2, 0.25) is 0 Å². The van der Waals surface area contributed by atoms with Crippen LogP contribution in [0.4, 0.5) is 0 Å². The zero-order chi connectivity index (χ0) is 13.8. The second-order valence-corrected chi connectivity index (χ2v) is 4.93. The average molecular weight is 322 g/mol. The van der Waals surface area contributed by atoms with Crippen LogP contribution >= 0.6 is 15.9 Å². The van der Waals surface area contributed by atoms with Gasteiger partial charge in [-0.25, -0.2) is 0 Å². The molecular weight excluding hydrogens is 310 g/mol. The quantitative estimate of drug-likeness (QED) is 0.872. The van der Waals surface area contributed by atoms with Crippen molar-refractivity contribution in [1.29, 1.82) is 0 Å². The maximum atomic E-state index is 11.6. The van der Waals surface area contributed by atoms with Gasteiger partial charge in [0.2, 0.25) is 5.88 Å². The first-order valence-corrected chi connectivity index (χ1v) is 6.34. The lowest BCUT2D eigenvalue weighted by Crippen LogP contribution is -2.23. The van der Waals surface area contributed by atoms with Crippen LogP contribution in [0.1, 0.15) is 10.5 Å². The minimum atomic E-state index is -0.192. The Morgan fingerprint density at radius 2 is 1.79 bits per heavy atom. The highest BCUT2D eigenvalue weighted by Gasteiger charge is 2.10. The summed E-state index contributed by atoms with van der Waals surface area (Å²) in [5.74, 6) is 0.810. The van der Waals surface area contributed by atoms with E-state index in [4.69, 9.17) is 4.74 Å². The molecule has 2 rings (SSSR count). The third-order valence-electron chi connectivity index (χ3n) is 2.30. The fourth-order valence-corrected chi connectivity index (χ4v) is 1.61. The van der Waals surface area contributed by atoms with Gasteiger partial charge in [-0.2, -0.15) is 0 Å². The van der Waals surface area contributed by atoms with Gasteiger partial charge in [-0.3, -0.25) is 4.79 Å². The summed E-state index contributed by atoms with van der Waals surface area (Å²) in [7, 11) is 3.33. The summed E-state index contributed by atoms with van der Waals surface area (Å²) in [6.07, 6.45) is 0. The fraction of sp³-hybridized carbons (Fsp3) is 0.154. The average Bonchev–Trinajstić information content (AvgIpc) is 2.41. The Bertz CT molecular complexity index is 567. The summed E-state index contributed by atoms with van der Waals surface area (Å²) in [5.41, 5.74) is 0.285. The van der Waals surface area contributed by atoms with E-state index >= 15 is 0 Å². The van der Waals surface area contributed by atoms with Crippen LogP contribution in [-0.2, 0) is 0 Å². The van der Waals surface area contributed by atoms with Crippen LogP contribution in [0.15, 0.2) is 40.9 Å². The molecule has 0 aliphatic heterocycles. The normalized spacial score (nSPS) is 10.1. The van der Waals surface area contributed by atoms with Crippen molar-refractivity contribution in [1.82, 2.24) is 15.1 Å². The minimum Gasteiger partial charge on any atom is -0.438 e. The highest BCUT2D eigenvalue weighted by molar-refractivity contribution is 9.10. The van der Waals surface area contributed by atoms with Gasteiger partial charge >= 0.3 is 0 Å². The number of rotatable bonds is 3. The number of benzene rings is 1. The van der Waals surface area contributed by atoms with E-state index in [-0.39, 0.29) is 11.6 Å². The van der Waals surface area contributed by atoms with Crippen LogP contribution in [0, 0.1) is 0 Å². The van der Waals surface area contributed by atoms with Gasteiger partial charge in [0, 0.05) is 24.6 Å². The Kier molecular flexibility index (Phi) is 4.11. The lowest BCUT2D eigenvalue weighted by molar-refractivity contribution is 0.0820. The number of nitrogens with zero attached hydrogens (tertiary/aromatic N) is 3. The SMILES string of the molecule is CN(C)C(=O)c1ccc(Oc2ccc(Br)cc2)nn1. The number of carbonyl (C=O) groups is 1. The molecule has 0 bridgehead atoms. The monoisotopic (exact) mass is 321 g/mol. The van der Waals surface area contributed by atoms with Gasteiger partial charge in [-0.05, 0) is 30.3 Å². The Labute approximate surface area is 119 Å². The molecule has 0 atom stereocenters. The van der Waals surface area contributed by atoms with Crippen molar-refractivity contribution in [3.05, 3.63) is 46.6 Å². The molecule has 0 radical (unpaired) electrons. The molecule has 6 heteroatoms. The molecule has 2 aromatic rings.